The molecule has 1 N–H and O–H groups in total. The van der Waals surface area contributed by atoms with Gasteiger partial charge in [-0.1, -0.05) is 34.1 Å². The molecule has 0 saturated carbocycles. The number of benzene rings is 2. The Morgan fingerprint density at radius 1 is 1.08 bits per heavy atom. The van der Waals surface area contributed by atoms with Crippen LogP contribution in [-0.2, 0) is 14.8 Å². The maximum Gasteiger partial charge on any atom is 0.257 e. The second kappa shape index (κ2) is 7.65. The SMILES string of the molecule is O=C(Nc1cccc(Br)c1)c1ccccc1S(=O)(=O)N1CCOCC1. The Morgan fingerprint density at radius 3 is 2.52 bits per heavy atom. The van der Waals surface area contributed by atoms with Gasteiger partial charge in [0.25, 0.3) is 5.91 Å². The summed E-state index contributed by atoms with van der Waals surface area (Å²) in [7, 11) is -3.75. The summed E-state index contributed by atoms with van der Waals surface area (Å²) in [5.41, 5.74) is 0.701. The minimum Gasteiger partial charge on any atom is -0.379 e. The summed E-state index contributed by atoms with van der Waals surface area (Å²) in [6.07, 6.45) is 0. The summed E-state index contributed by atoms with van der Waals surface area (Å²) in [5, 5.41) is 2.74. The van der Waals surface area contributed by atoms with Crippen LogP contribution >= 0.6 is 15.9 Å². The molecule has 132 valence electrons. The average Bonchev–Trinajstić information content (AvgIpc) is 2.62. The lowest BCUT2D eigenvalue weighted by Gasteiger charge is -2.26. The molecular weight excluding hydrogens is 408 g/mol. The first kappa shape index (κ1) is 18.1. The van der Waals surface area contributed by atoms with E-state index in [1.807, 2.05) is 6.07 Å². The molecule has 0 aliphatic carbocycles. The molecule has 1 fully saturated rings. The largest absolute Gasteiger partial charge is 0.379 e. The molecule has 0 radical (unpaired) electrons. The second-order valence-electron chi connectivity index (χ2n) is 5.48. The molecule has 1 saturated heterocycles. The lowest BCUT2D eigenvalue weighted by molar-refractivity contribution is 0.0730. The van der Waals surface area contributed by atoms with Crippen molar-refractivity contribution in [2.45, 2.75) is 4.90 Å². The summed E-state index contributed by atoms with van der Waals surface area (Å²) in [6, 6.07) is 13.3. The van der Waals surface area contributed by atoms with Crippen molar-refractivity contribution in [3.63, 3.8) is 0 Å². The zero-order chi connectivity index (χ0) is 17.9. The van der Waals surface area contributed by atoms with Gasteiger partial charge >= 0.3 is 0 Å². The van der Waals surface area contributed by atoms with Crippen LogP contribution < -0.4 is 5.32 Å². The van der Waals surface area contributed by atoms with E-state index < -0.39 is 15.9 Å². The van der Waals surface area contributed by atoms with Gasteiger partial charge in [0.05, 0.1) is 23.7 Å². The molecule has 3 rings (SSSR count). The number of sulfonamides is 1. The van der Waals surface area contributed by atoms with E-state index >= 15 is 0 Å². The van der Waals surface area contributed by atoms with E-state index in [9.17, 15) is 13.2 Å². The Morgan fingerprint density at radius 2 is 1.80 bits per heavy atom. The van der Waals surface area contributed by atoms with E-state index in [0.717, 1.165) is 4.47 Å². The molecule has 0 spiro atoms. The molecule has 6 nitrogen and oxygen atoms in total. The Bertz CT molecular complexity index is 880. The summed E-state index contributed by atoms with van der Waals surface area (Å²) in [5.74, 6) is -0.467. The minimum atomic E-state index is -3.75. The van der Waals surface area contributed by atoms with Gasteiger partial charge in [-0.3, -0.25) is 4.79 Å². The van der Waals surface area contributed by atoms with Gasteiger partial charge in [-0.2, -0.15) is 4.31 Å². The number of halogens is 1. The fourth-order valence-electron chi connectivity index (χ4n) is 2.57. The minimum absolute atomic E-state index is 0.00407. The monoisotopic (exact) mass is 424 g/mol. The van der Waals surface area contributed by atoms with Crippen molar-refractivity contribution < 1.29 is 17.9 Å². The molecule has 0 atom stereocenters. The zero-order valence-corrected chi connectivity index (χ0v) is 15.7. The molecule has 1 aliphatic heterocycles. The summed E-state index contributed by atoms with van der Waals surface area (Å²) >= 11 is 3.34. The second-order valence-corrected chi connectivity index (χ2v) is 8.30. The number of amides is 1. The highest BCUT2D eigenvalue weighted by Crippen LogP contribution is 2.23. The van der Waals surface area contributed by atoms with Gasteiger partial charge in [0.1, 0.15) is 0 Å². The Kier molecular flexibility index (Phi) is 5.53. The number of nitrogens with one attached hydrogen (secondary N) is 1. The first-order chi connectivity index (χ1) is 12.0. The number of carbonyl (C=O) groups excluding carboxylic acids is 1. The van der Waals surface area contributed by atoms with Crippen LogP contribution in [-0.4, -0.2) is 44.9 Å². The van der Waals surface area contributed by atoms with Crippen molar-refractivity contribution in [3.8, 4) is 0 Å². The van der Waals surface area contributed by atoms with Crippen LogP contribution in [0.2, 0.25) is 0 Å². The number of morpholine rings is 1. The number of ether oxygens (including phenoxy) is 1. The predicted molar refractivity (Wildman–Crippen MR) is 98.1 cm³/mol. The topological polar surface area (TPSA) is 75.7 Å². The van der Waals surface area contributed by atoms with E-state index in [1.165, 1.54) is 16.4 Å². The number of anilines is 1. The van der Waals surface area contributed by atoms with Crippen molar-refractivity contribution in [1.29, 1.82) is 0 Å². The third-order valence-electron chi connectivity index (χ3n) is 3.80. The molecule has 0 unspecified atom stereocenters. The van der Waals surface area contributed by atoms with Crippen molar-refractivity contribution in [2.24, 2.45) is 0 Å². The smallest absolute Gasteiger partial charge is 0.257 e. The predicted octanol–water partition coefficient (Wildman–Crippen LogP) is 2.72. The van der Waals surface area contributed by atoms with Crippen LogP contribution in [0.3, 0.4) is 0 Å². The molecule has 1 amide bonds. The fraction of sp³-hybridized carbons (Fsp3) is 0.235. The fourth-order valence-corrected chi connectivity index (χ4v) is 4.57. The standard InChI is InChI=1S/C17H17BrN2O4S/c18-13-4-3-5-14(12-13)19-17(21)15-6-1-2-7-16(15)25(22,23)20-8-10-24-11-9-20/h1-7,12H,8-11H2,(H,19,21). The lowest BCUT2D eigenvalue weighted by Crippen LogP contribution is -2.41. The van der Waals surface area contributed by atoms with Crippen LogP contribution in [0, 0.1) is 0 Å². The van der Waals surface area contributed by atoms with Gasteiger partial charge in [0, 0.05) is 23.2 Å². The lowest BCUT2D eigenvalue weighted by atomic mass is 10.2. The number of hydrogen-bond donors (Lipinski definition) is 1. The van der Waals surface area contributed by atoms with Crippen molar-refractivity contribution in [1.82, 2.24) is 4.31 Å². The van der Waals surface area contributed by atoms with Crippen LogP contribution in [0.4, 0.5) is 5.69 Å². The summed E-state index contributed by atoms with van der Waals surface area (Å²) in [4.78, 5) is 12.6. The van der Waals surface area contributed by atoms with Gasteiger partial charge < -0.3 is 10.1 Å². The van der Waals surface area contributed by atoms with Gasteiger partial charge in [0.2, 0.25) is 10.0 Å². The van der Waals surface area contributed by atoms with Gasteiger partial charge in [-0.05, 0) is 30.3 Å². The summed E-state index contributed by atoms with van der Waals surface area (Å²) < 4.78 is 33.2. The van der Waals surface area contributed by atoms with Gasteiger partial charge in [0.15, 0.2) is 0 Å². The van der Waals surface area contributed by atoms with Crippen LogP contribution in [0.15, 0.2) is 57.9 Å². The third kappa shape index (κ3) is 4.09. The maximum atomic E-state index is 12.9. The Hall–Kier alpha value is -1.74. The molecule has 8 heteroatoms. The van der Waals surface area contributed by atoms with Crippen LogP contribution in [0.25, 0.3) is 0 Å². The summed E-state index contributed by atoms with van der Waals surface area (Å²) in [6.45, 7) is 1.27. The first-order valence-electron chi connectivity index (χ1n) is 7.72. The molecule has 0 aromatic heterocycles. The van der Waals surface area contributed by atoms with E-state index in [-0.39, 0.29) is 23.5 Å². The Balaban J connectivity index is 1.91. The van der Waals surface area contributed by atoms with Crippen molar-refractivity contribution in [2.75, 3.05) is 31.6 Å². The van der Waals surface area contributed by atoms with Crippen LogP contribution in [0.5, 0.6) is 0 Å². The molecule has 2 aromatic rings. The van der Waals surface area contributed by atoms with Crippen LogP contribution in [0.1, 0.15) is 10.4 Å². The highest BCUT2D eigenvalue weighted by Gasteiger charge is 2.30. The highest BCUT2D eigenvalue weighted by molar-refractivity contribution is 9.10. The molecule has 25 heavy (non-hydrogen) atoms. The molecule has 0 bridgehead atoms. The number of hydrogen-bond acceptors (Lipinski definition) is 4. The molecule has 1 aliphatic rings. The number of carbonyl (C=O) groups is 1. The molecule has 2 aromatic carbocycles. The van der Waals surface area contributed by atoms with Gasteiger partial charge in [-0.15, -0.1) is 0 Å². The van der Waals surface area contributed by atoms with E-state index in [0.29, 0.717) is 18.9 Å². The van der Waals surface area contributed by atoms with E-state index in [2.05, 4.69) is 21.2 Å². The van der Waals surface area contributed by atoms with E-state index in [4.69, 9.17) is 4.74 Å². The maximum absolute atomic E-state index is 12.9. The average molecular weight is 425 g/mol. The quantitative estimate of drug-likeness (QED) is 0.818. The number of nitrogens with zero attached hydrogens (tertiary/aromatic N) is 1. The molecule has 1 heterocycles. The third-order valence-corrected chi connectivity index (χ3v) is 6.25. The Labute approximate surface area is 155 Å². The normalized spacial score (nSPS) is 15.7. The van der Waals surface area contributed by atoms with Crippen molar-refractivity contribution >= 4 is 37.5 Å². The highest BCUT2D eigenvalue weighted by atomic mass is 79.9. The van der Waals surface area contributed by atoms with E-state index in [1.54, 1.807) is 30.3 Å². The number of rotatable bonds is 4. The van der Waals surface area contributed by atoms with Crippen molar-refractivity contribution in [3.05, 3.63) is 58.6 Å². The molecular formula is C17H17BrN2O4S. The first-order valence-corrected chi connectivity index (χ1v) is 9.95. The zero-order valence-electron chi connectivity index (χ0n) is 13.3. The van der Waals surface area contributed by atoms with Gasteiger partial charge in [-0.25, -0.2) is 8.42 Å².